The van der Waals surface area contributed by atoms with Crippen molar-refractivity contribution >= 4 is 22.8 Å². The molecule has 2 atom stereocenters. The Hall–Kier alpha value is -2.15. The largest absolute Gasteiger partial charge is 0.396 e. The number of carbonyl (C=O) groups is 1. The van der Waals surface area contributed by atoms with Gasteiger partial charge in [-0.3, -0.25) is 4.79 Å². The summed E-state index contributed by atoms with van der Waals surface area (Å²) in [7, 11) is 1.84. The summed E-state index contributed by atoms with van der Waals surface area (Å²) >= 11 is 0. The Kier molecular flexibility index (Phi) is 5.30. The number of aliphatic hydroxyl groups is 1. The van der Waals surface area contributed by atoms with Gasteiger partial charge in [0.25, 0.3) is 0 Å². The van der Waals surface area contributed by atoms with E-state index >= 15 is 0 Å². The minimum absolute atomic E-state index is 0.00926. The van der Waals surface area contributed by atoms with E-state index in [1.165, 1.54) is 25.6 Å². The fraction of sp³-hybridized carbons (Fsp3) is 0.588. The molecule has 2 aliphatic rings. The third-order valence-electron chi connectivity index (χ3n) is 5.00. The Balaban J connectivity index is 0.000000143. The van der Waals surface area contributed by atoms with E-state index in [4.69, 9.17) is 5.11 Å². The molecule has 3 N–H and O–H groups in total. The highest BCUT2D eigenvalue weighted by atomic mass is 16.3. The fourth-order valence-corrected chi connectivity index (χ4v) is 3.76. The van der Waals surface area contributed by atoms with Gasteiger partial charge in [0.2, 0.25) is 5.91 Å². The molecule has 0 spiro atoms. The Bertz CT molecular complexity index is 674. The highest BCUT2D eigenvalue weighted by molar-refractivity contribution is 5.86. The van der Waals surface area contributed by atoms with Crippen molar-refractivity contribution < 1.29 is 9.90 Å². The molecule has 4 rings (SSSR count). The predicted octanol–water partition coefficient (Wildman–Crippen LogP) is 1.63. The summed E-state index contributed by atoms with van der Waals surface area (Å²) in [4.78, 5) is 24.5. The van der Waals surface area contributed by atoms with Gasteiger partial charge in [-0.2, -0.15) is 0 Å². The van der Waals surface area contributed by atoms with E-state index in [0.717, 1.165) is 41.8 Å². The van der Waals surface area contributed by atoms with Gasteiger partial charge in [-0.1, -0.05) is 6.42 Å². The molecule has 2 aromatic rings. The summed E-state index contributed by atoms with van der Waals surface area (Å²) in [5.41, 5.74) is 0.865. The second-order valence-corrected chi connectivity index (χ2v) is 6.44. The molecule has 7 nitrogen and oxygen atoms in total. The number of amides is 1. The molecular formula is C17H25N5O2. The lowest BCUT2D eigenvalue weighted by atomic mass is 10.0. The number of carbonyl (C=O) groups excluding carboxylic acids is 1. The molecule has 1 aliphatic carbocycles. The number of aromatic amines is 1. The average molecular weight is 331 g/mol. The van der Waals surface area contributed by atoms with E-state index in [9.17, 15) is 4.79 Å². The van der Waals surface area contributed by atoms with Crippen molar-refractivity contribution in [1.29, 1.82) is 0 Å². The molecule has 1 saturated heterocycles. The molecule has 1 saturated carbocycles. The number of aromatic nitrogens is 3. The van der Waals surface area contributed by atoms with Crippen molar-refractivity contribution in [2.24, 2.45) is 11.8 Å². The van der Waals surface area contributed by atoms with E-state index in [-0.39, 0.29) is 12.5 Å². The zero-order chi connectivity index (χ0) is 16.9. The summed E-state index contributed by atoms with van der Waals surface area (Å²) in [5, 5.41) is 12.7. The van der Waals surface area contributed by atoms with E-state index in [1.54, 1.807) is 0 Å². The van der Waals surface area contributed by atoms with Crippen LogP contribution in [0.4, 0.5) is 5.82 Å². The standard InChI is InChI=1S/C10H17NO2.C7H8N4/c12-5-4-10(13)11-6-8-2-1-3-9(8)7-11;1-8-6-5-2-3-9-7(5)11-4-10-6/h8-9,12H,1-7H2;2-4H,1H3,(H2,8,9,10,11). The first-order valence-electron chi connectivity index (χ1n) is 8.57. The lowest BCUT2D eigenvalue weighted by molar-refractivity contribution is -0.131. The number of rotatable bonds is 3. The first-order valence-corrected chi connectivity index (χ1v) is 8.57. The Morgan fingerprint density at radius 1 is 1.38 bits per heavy atom. The second kappa shape index (κ2) is 7.61. The minimum Gasteiger partial charge on any atom is -0.396 e. The quantitative estimate of drug-likeness (QED) is 0.795. The minimum atomic E-state index is -0.00926. The van der Waals surface area contributed by atoms with Gasteiger partial charge in [0.15, 0.2) is 0 Å². The molecule has 2 fully saturated rings. The maximum absolute atomic E-state index is 11.4. The van der Waals surface area contributed by atoms with Crippen LogP contribution < -0.4 is 5.32 Å². The summed E-state index contributed by atoms with van der Waals surface area (Å²) < 4.78 is 0. The molecule has 130 valence electrons. The first kappa shape index (κ1) is 16.7. The Labute approximate surface area is 141 Å². The van der Waals surface area contributed by atoms with E-state index in [2.05, 4.69) is 20.3 Å². The predicted molar refractivity (Wildman–Crippen MR) is 92.5 cm³/mol. The number of H-pyrrole nitrogens is 1. The third kappa shape index (κ3) is 3.51. The number of nitrogens with one attached hydrogen (secondary N) is 2. The zero-order valence-corrected chi connectivity index (χ0v) is 14.0. The normalized spacial score (nSPS) is 22.2. The fourth-order valence-electron chi connectivity index (χ4n) is 3.76. The lowest BCUT2D eigenvalue weighted by Crippen LogP contribution is -2.29. The van der Waals surface area contributed by atoms with Crippen LogP contribution in [0.15, 0.2) is 18.6 Å². The monoisotopic (exact) mass is 331 g/mol. The number of nitrogens with zero attached hydrogens (tertiary/aromatic N) is 3. The number of fused-ring (bicyclic) bond motifs is 2. The summed E-state index contributed by atoms with van der Waals surface area (Å²) in [5.74, 6) is 2.53. The molecule has 24 heavy (non-hydrogen) atoms. The topological polar surface area (TPSA) is 94.1 Å². The zero-order valence-electron chi connectivity index (χ0n) is 14.0. The van der Waals surface area contributed by atoms with Crippen molar-refractivity contribution in [3.05, 3.63) is 18.6 Å². The van der Waals surface area contributed by atoms with Crippen molar-refractivity contribution in [2.45, 2.75) is 25.7 Å². The van der Waals surface area contributed by atoms with Gasteiger partial charge in [-0.25, -0.2) is 9.97 Å². The number of aliphatic hydroxyl groups excluding tert-OH is 1. The smallest absolute Gasteiger partial charge is 0.224 e. The average Bonchev–Trinajstić information content (AvgIpc) is 3.30. The molecule has 3 heterocycles. The van der Waals surface area contributed by atoms with Gasteiger partial charge >= 0.3 is 0 Å². The third-order valence-corrected chi connectivity index (χ3v) is 5.00. The van der Waals surface area contributed by atoms with Gasteiger partial charge in [0, 0.05) is 32.8 Å². The van der Waals surface area contributed by atoms with E-state index < -0.39 is 0 Å². The van der Waals surface area contributed by atoms with E-state index in [1.807, 2.05) is 24.2 Å². The van der Waals surface area contributed by atoms with Crippen LogP contribution in [-0.2, 0) is 4.79 Å². The Morgan fingerprint density at radius 2 is 2.12 bits per heavy atom. The van der Waals surface area contributed by atoms with E-state index in [0.29, 0.717) is 6.42 Å². The van der Waals surface area contributed by atoms with Crippen LogP contribution in [0.25, 0.3) is 11.0 Å². The van der Waals surface area contributed by atoms with Crippen LogP contribution >= 0.6 is 0 Å². The van der Waals surface area contributed by atoms with Gasteiger partial charge < -0.3 is 20.3 Å². The van der Waals surface area contributed by atoms with Crippen molar-refractivity contribution in [2.75, 3.05) is 32.1 Å². The molecule has 1 aliphatic heterocycles. The molecular weight excluding hydrogens is 306 g/mol. The van der Waals surface area contributed by atoms with Gasteiger partial charge in [0.05, 0.1) is 12.0 Å². The Morgan fingerprint density at radius 3 is 2.79 bits per heavy atom. The lowest BCUT2D eigenvalue weighted by Gasteiger charge is -2.16. The number of hydrogen-bond donors (Lipinski definition) is 3. The molecule has 0 aromatic carbocycles. The van der Waals surface area contributed by atoms with Crippen molar-refractivity contribution in [3.63, 3.8) is 0 Å². The molecule has 2 aromatic heterocycles. The van der Waals surface area contributed by atoms with Crippen LogP contribution in [0.5, 0.6) is 0 Å². The maximum Gasteiger partial charge on any atom is 0.224 e. The number of anilines is 1. The number of hydrogen-bond acceptors (Lipinski definition) is 5. The summed E-state index contributed by atoms with van der Waals surface area (Å²) in [6, 6.07) is 1.95. The van der Waals surface area contributed by atoms with Crippen LogP contribution in [-0.4, -0.2) is 57.6 Å². The summed E-state index contributed by atoms with van der Waals surface area (Å²) in [6.07, 6.45) is 7.63. The number of likely N-dealkylation sites (tertiary alicyclic amines) is 1. The van der Waals surface area contributed by atoms with Crippen LogP contribution in [0.1, 0.15) is 25.7 Å². The van der Waals surface area contributed by atoms with Crippen LogP contribution in [0.3, 0.4) is 0 Å². The highest BCUT2D eigenvalue weighted by Gasteiger charge is 2.37. The van der Waals surface area contributed by atoms with Gasteiger partial charge in [-0.05, 0) is 30.7 Å². The van der Waals surface area contributed by atoms with Crippen molar-refractivity contribution in [1.82, 2.24) is 19.9 Å². The maximum atomic E-state index is 11.4. The van der Waals surface area contributed by atoms with Crippen LogP contribution in [0.2, 0.25) is 0 Å². The molecule has 0 bridgehead atoms. The molecule has 7 heteroatoms. The molecule has 1 amide bonds. The second-order valence-electron chi connectivity index (χ2n) is 6.44. The highest BCUT2D eigenvalue weighted by Crippen LogP contribution is 2.37. The molecule has 2 unspecified atom stereocenters. The van der Waals surface area contributed by atoms with Gasteiger partial charge in [-0.15, -0.1) is 0 Å². The first-order chi connectivity index (χ1) is 11.7. The SMILES string of the molecule is CNc1ncnc2[nH]ccc12.O=C(CCO)N1CC2CCCC2C1. The van der Waals surface area contributed by atoms with Crippen molar-refractivity contribution in [3.8, 4) is 0 Å². The summed E-state index contributed by atoms with van der Waals surface area (Å²) in [6.45, 7) is 1.89. The molecule has 0 radical (unpaired) electrons. The van der Waals surface area contributed by atoms with Crippen LogP contribution in [0, 0.1) is 11.8 Å². The van der Waals surface area contributed by atoms with Gasteiger partial charge in [0.1, 0.15) is 17.8 Å².